The van der Waals surface area contributed by atoms with Gasteiger partial charge in [-0.15, -0.1) is 0 Å². The van der Waals surface area contributed by atoms with Crippen LogP contribution in [0.3, 0.4) is 0 Å². The maximum atomic E-state index is 12.1. The Bertz CT molecular complexity index is 445. The molecule has 0 fully saturated rings. The average molecular weight is 290 g/mol. The molecule has 2 N–H and O–H groups in total. The van der Waals surface area contributed by atoms with E-state index in [4.69, 9.17) is 0 Å². The van der Waals surface area contributed by atoms with Crippen LogP contribution in [-0.4, -0.2) is 18.0 Å². The molecule has 0 radical (unpaired) electrons. The van der Waals surface area contributed by atoms with E-state index in [0.717, 1.165) is 24.1 Å². The monoisotopic (exact) mass is 290 g/mol. The van der Waals surface area contributed by atoms with Gasteiger partial charge in [0.05, 0.1) is 0 Å². The Labute approximate surface area is 129 Å². The molecule has 0 spiro atoms. The van der Waals surface area contributed by atoms with Gasteiger partial charge in [0.2, 0.25) is 0 Å². The summed E-state index contributed by atoms with van der Waals surface area (Å²) in [5.74, 6) is 0.669. The van der Waals surface area contributed by atoms with Gasteiger partial charge >= 0.3 is 0 Å². The fourth-order valence-corrected chi connectivity index (χ4v) is 2.07. The molecule has 21 heavy (non-hydrogen) atoms. The number of amides is 1. The largest absolute Gasteiger partial charge is 0.350 e. The molecule has 1 amide bonds. The second-order valence-electron chi connectivity index (χ2n) is 6.04. The highest BCUT2D eigenvalue weighted by molar-refractivity contribution is 5.94. The van der Waals surface area contributed by atoms with Crippen molar-refractivity contribution in [2.45, 2.75) is 66.1 Å². The highest BCUT2D eigenvalue weighted by Crippen LogP contribution is 2.10. The molecule has 1 rings (SSSR count). The lowest BCUT2D eigenvalue weighted by atomic mass is 10.0. The highest BCUT2D eigenvalue weighted by Gasteiger charge is 2.11. The van der Waals surface area contributed by atoms with Crippen molar-refractivity contribution in [3.8, 4) is 0 Å². The van der Waals surface area contributed by atoms with Crippen molar-refractivity contribution in [1.82, 2.24) is 10.6 Å². The molecule has 0 aliphatic heterocycles. The smallest absolute Gasteiger partial charge is 0.251 e. The summed E-state index contributed by atoms with van der Waals surface area (Å²) in [4.78, 5) is 12.1. The maximum Gasteiger partial charge on any atom is 0.251 e. The molecule has 0 aliphatic rings. The first-order valence-electron chi connectivity index (χ1n) is 8.11. The Hall–Kier alpha value is -1.35. The lowest BCUT2D eigenvalue weighted by molar-refractivity contribution is 0.0939. The second-order valence-corrected chi connectivity index (χ2v) is 6.04. The lowest BCUT2D eigenvalue weighted by Gasteiger charge is -2.20. The van der Waals surface area contributed by atoms with Crippen LogP contribution < -0.4 is 10.6 Å². The number of benzene rings is 1. The number of carbonyl (C=O) groups is 1. The molecule has 3 nitrogen and oxygen atoms in total. The van der Waals surface area contributed by atoms with Crippen molar-refractivity contribution in [3.05, 3.63) is 35.4 Å². The molecular weight excluding hydrogens is 260 g/mol. The molecule has 3 unspecified atom stereocenters. The molecular formula is C18H30N2O. The van der Waals surface area contributed by atoms with E-state index < -0.39 is 0 Å². The minimum atomic E-state index is 0.0150. The molecule has 1 aromatic rings. The zero-order valence-electron chi connectivity index (χ0n) is 14.1. The summed E-state index contributed by atoms with van der Waals surface area (Å²) in [5, 5.41) is 6.54. The fourth-order valence-electron chi connectivity index (χ4n) is 2.07. The Morgan fingerprint density at radius 1 is 1.14 bits per heavy atom. The summed E-state index contributed by atoms with van der Waals surface area (Å²) in [6, 6.07) is 8.57. The van der Waals surface area contributed by atoms with Crippen LogP contribution in [0.5, 0.6) is 0 Å². The summed E-state index contributed by atoms with van der Waals surface area (Å²) in [7, 11) is 0. The van der Waals surface area contributed by atoms with Gasteiger partial charge in [-0.05, 0) is 43.9 Å². The molecule has 3 heteroatoms. The maximum absolute atomic E-state index is 12.1. The van der Waals surface area contributed by atoms with E-state index in [2.05, 4.69) is 44.4 Å². The molecule has 1 aromatic carbocycles. The van der Waals surface area contributed by atoms with E-state index >= 15 is 0 Å². The third-order valence-corrected chi connectivity index (χ3v) is 4.30. The van der Waals surface area contributed by atoms with Gasteiger partial charge in [0.15, 0.2) is 0 Å². The van der Waals surface area contributed by atoms with Crippen LogP contribution in [0.4, 0.5) is 0 Å². The van der Waals surface area contributed by atoms with E-state index in [9.17, 15) is 4.79 Å². The fraction of sp³-hybridized carbons (Fsp3) is 0.611. The zero-order valence-corrected chi connectivity index (χ0v) is 14.1. The molecule has 0 bridgehead atoms. The van der Waals surface area contributed by atoms with Crippen LogP contribution in [0.15, 0.2) is 24.3 Å². The van der Waals surface area contributed by atoms with E-state index in [1.165, 1.54) is 6.42 Å². The quantitative estimate of drug-likeness (QED) is 0.766. The van der Waals surface area contributed by atoms with E-state index in [-0.39, 0.29) is 11.9 Å². The summed E-state index contributed by atoms with van der Waals surface area (Å²) in [6.45, 7) is 11.6. The number of hydrogen-bond acceptors (Lipinski definition) is 2. The summed E-state index contributed by atoms with van der Waals surface area (Å²) in [6.07, 6.45) is 2.12. The van der Waals surface area contributed by atoms with Gasteiger partial charge in [-0.25, -0.2) is 0 Å². The first-order valence-corrected chi connectivity index (χ1v) is 8.11. The summed E-state index contributed by atoms with van der Waals surface area (Å²) in [5.41, 5.74) is 1.90. The van der Waals surface area contributed by atoms with Crippen LogP contribution in [-0.2, 0) is 6.54 Å². The van der Waals surface area contributed by atoms with Crippen molar-refractivity contribution >= 4 is 5.91 Å². The van der Waals surface area contributed by atoms with Crippen LogP contribution in [0.25, 0.3) is 0 Å². The van der Waals surface area contributed by atoms with Gasteiger partial charge in [-0.1, -0.05) is 39.3 Å². The number of nitrogens with one attached hydrogen (secondary N) is 2. The highest BCUT2D eigenvalue weighted by atomic mass is 16.1. The first kappa shape index (κ1) is 17.7. The molecule has 0 saturated carbocycles. The van der Waals surface area contributed by atoms with E-state index in [0.29, 0.717) is 12.0 Å². The van der Waals surface area contributed by atoms with Gasteiger partial charge in [0, 0.05) is 24.2 Å². The van der Waals surface area contributed by atoms with E-state index in [1.807, 2.05) is 25.1 Å². The molecule has 0 aromatic heterocycles. The van der Waals surface area contributed by atoms with Crippen molar-refractivity contribution < 1.29 is 4.79 Å². The number of carbonyl (C=O) groups excluding carboxylic acids is 1. The number of hydrogen-bond donors (Lipinski definition) is 2. The first-order chi connectivity index (χ1) is 9.97. The molecule has 3 atom stereocenters. The SMILES string of the molecule is CCC(C)NC(=O)c1cccc(CNC(C)C(C)CC)c1. The summed E-state index contributed by atoms with van der Waals surface area (Å²) >= 11 is 0. The second kappa shape index (κ2) is 8.83. The van der Waals surface area contributed by atoms with Crippen LogP contribution >= 0.6 is 0 Å². The minimum Gasteiger partial charge on any atom is -0.350 e. The Balaban J connectivity index is 2.62. The van der Waals surface area contributed by atoms with Crippen molar-refractivity contribution in [2.75, 3.05) is 0 Å². The van der Waals surface area contributed by atoms with Crippen molar-refractivity contribution in [3.63, 3.8) is 0 Å². The minimum absolute atomic E-state index is 0.0150. The van der Waals surface area contributed by atoms with Gasteiger partial charge in [0.1, 0.15) is 0 Å². The van der Waals surface area contributed by atoms with Crippen LogP contribution in [0.1, 0.15) is 63.4 Å². The molecule has 0 heterocycles. The van der Waals surface area contributed by atoms with Gasteiger partial charge in [-0.3, -0.25) is 4.79 Å². The average Bonchev–Trinajstić information content (AvgIpc) is 2.51. The van der Waals surface area contributed by atoms with Gasteiger partial charge < -0.3 is 10.6 Å². The van der Waals surface area contributed by atoms with Crippen molar-refractivity contribution in [2.24, 2.45) is 5.92 Å². The van der Waals surface area contributed by atoms with Gasteiger partial charge in [0.25, 0.3) is 5.91 Å². The number of rotatable bonds is 8. The predicted octanol–water partition coefficient (Wildman–Crippen LogP) is 3.74. The zero-order chi connectivity index (χ0) is 15.8. The van der Waals surface area contributed by atoms with Crippen LogP contribution in [0, 0.1) is 5.92 Å². The molecule has 0 aliphatic carbocycles. The Kier molecular flexibility index (Phi) is 7.44. The van der Waals surface area contributed by atoms with Gasteiger partial charge in [-0.2, -0.15) is 0 Å². The molecule has 118 valence electrons. The third-order valence-electron chi connectivity index (χ3n) is 4.30. The lowest BCUT2D eigenvalue weighted by Crippen LogP contribution is -2.32. The predicted molar refractivity (Wildman–Crippen MR) is 89.4 cm³/mol. The van der Waals surface area contributed by atoms with E-state index in [1.54, 1.807) is 0 Å². The standard InChI is InChI=1S/C18H30N2O/c1-6-13(3)15(5)19-12-16-9-8-10-17(11-16)18(21)20-14(4)7-2/h8-11,13-15,19H,6-7,12H2,1-5H3,(H,20,21). The Morgan fingerprint density at radius 3 is 2.48 bits per heavy atom. The summed E-state index contributed by atoms with van der Waals surface area (Å²) < 4.78 is 0. The topological polar surface area (TPSA) is 41.1 Å². The molecule has 0 saturated heterocycles. The van der Waals surface area contributed by atoms with Crippen molar-refractivity contribution in [1.29, 1.82) is 0 Å². The normalized spacial score (nSPS) is 15.3. The third kappa shape index (κ3) is 5.88. The van der Waals surface area contributed by atoms with Crippen LogP contribution in [0.2, 0.25) is 0 Å². The Morgan fingerprint density at radius 2 is 1.86 bits per heavy atom.